The average Bonchev–Trinajstić information content (AvgIpc) is 2.24. The Balaban J connectivity index is 0. The Bertz CT molecular complexity index is 285. The van der Waals surface area contributed by atoms with Crippen molar-refractivity contribution >= 4 is 24.3 Å². The normalized spacial score (nSPS) is 12.2. The number of hydrogen-bond acceptors (Lipinski definition) is 3. The maximum absolute atomic E-state index is 12.0. The largest absolute Gasteiger partial charge is 0.481 e. The smallest absolute Gasteiger partial charge is 0.304 e. The fraction of sp³-hybridized carbons (Fsp3) is 0.846. The Kier molecular flexibility index (Phi) is 10.8. The van der Waals surface area contributed by atoms with Gasteiger partial charge in [-0.1, -0.05) is 13.8 Å². The Morgan fingerprint density at radius 2 is 1.68 bits per heavy atom. The van der Waals surface area contributed by atoms with Crippen molar-refractivity contribution in [3.05, 3.63) is 0 Å². The third-order valence-electron chi connectivity index (χ3n) is 2.98. The quantitative estimate of drug-likeness (QED) is 0.740. The zero-order valence-electron chi connectivity index (χ0n) is 12.5. The van der Waals surface area contributed by atoms with Gasteiger partial charge in [-0.15, -0.1) is 12.4 Å². The van der Waals surface area contributed by atoms with Crippen molar-refractivity contribution in [3.63, 3.8) is 0 Å². The van der Waals surface area contributed by atoms with E-state index in [9.17, 15) is 9.59 Å². The second-order valence-corrected chi connectivity index (χ2v) is 5.36. The van der Waals surface area contributed by atoms with Crippen LogP contribution in [0.25, 0.3) is 0 Å². The lowest BCUT2D eigenvalue weighted by Crippen LogP contribution is -2.42. The van der Waals surface area contributed by atoms with E-state index in [1.54, 1.807) is 23.9 Å². The van der Waals surface area contributed by atoms with Crippen molar-refractivity contribution in [1.82, 2.24) is 9.80 Å². The predicted molar refractivity (Wildman–Crippen MR) is 78.7 cm³/mol. The minimum Gasteiger partial charge on any atom is -0.481 e. The minimum atomic E-state index is -0.837. The molecule has 0 aliphatic carbocycles. The second-order valence-electron chi connectivity index (χ2n) is 5.36. The van der Waals surface area contributed by atoms with Crippen LogP contribution >= 0.6 is 12.4 Å². The first-order valence-corrected chi connectivity index (χ1v) is 6.40. The molecule has 0 aliphatic heterocycles. The number of carbonyl (C=O) groups excluding carboxylic acids is 1. The summed E-state index contributed by atoms with van der Waals surface area (Å²) in [5.74, 6) is -0.244. The highest BCUT2D eigenvalue weighted by Crippen LogP contribution is 2.09. The summed E-state index contributed by atoms with van der Waals surface area (Å²) in [6.07, 6.45) is 1.04. The lowest BCUT2D eigenvalue weighted by atomic mass is 10.0. The number of hydrogen-bond donors (Lipinski definition) is 1. The molecule has 0 saturated heterocycles. The van der Waals surface area contributed by atoms with Crippen LogP contribution in [-0.4, -0.2) is 60.0 Å². The first-order valence-electron chi connectivity index (χ1n) is 6.40. The van der Waals surface area contributed by atoms with E-state index in [4.69, 9.17) is 5.11 Å². The van der Waals surface area contributed by atoms with Gasteiger partial charge in [-0.25, -0.2) is 0 Å². The summed E-state index contributed by atoms with van der Waals surface area (Å²) < 4.78 is 0. The first kappa shape index (κ1) is 20.5. The lowest BCUT2D eigenvalue weighted by Gasteiger charge is -2.28. The Morgan fingerprint density at radius 1 is 1.16 bits per heavy atom. The van der Waals surface area contributed by atoms with Crippen LogP contribution in [0.4, 0.5) is 0 Å². The van der Waals surface area contributed by atoms with Crippen molar-refractivity contribution < 1.29 is 14.7 Å². The molecule has 0 radical (unpaired) electrons. The highest BCUT2D eigenvalue weighted by Gasteiger charge is 2.18. The summed E-state index contributed by atoms with van der Waals surface area (Å²) in [5, 5.41) is 8.57. The van der Waals surface area contributed by atoms with E-state index in [1.807, 2.05) is 6.92 Å². The van der Waals surface area contributed by atoms with Crippen molar-refractivity contribution in [2.75, 3.05) is 27.2 Å². The van der Waals surface area contributed by atoms with E-state index in [-0.39, 0.29) is 37.3 Å². The highest BCUT2D eigenvalue weighted by molar-refractivity contribution is 5.85. The van der Waals surface area contributed by atoms with Crippen LogP contribution in [0.15, 0.2) is 0 Å². The fourth-order valence-corrected chi connectivity index (χ4v) is 1.79. The molecule has 0 spiro atoms. The van der Waals surface area contributed by atoms with E-state index in [0.29, 0.717) is 12.5 Å². The maximum atomic E-state index is 12.0. The fourth-order valence-electron chi connectivity index (χ4n) is 1.79. The molecular weight excluding hydrogens is 268 g/mol. The molecule has 1 amide bonds. The Hall–Kier alpha value is -0.810. The minimum absolute atomic E-state index is 0. The van der Waals surface area contributed by atoms with E-state index in [2.05, 4.69) is 13.8 Å². The van der Waals surface area contributed by atoms with Crippen molar-refractivity contribution in [2.45, 2.75) is 39.7 Å². The molecule has 6 heteroatoms. The van der Waals surface area contributed by atoms with Crippen LogP contribution < -0.4 is 0 Å². The molecule has 0 aromatic carbocycles. The van der Waals surface area contributed by atoms with Gasteiger partial charge in [0, 0.05) is 19.6 Å². The van der Waals surface area contributed by atoms with E-state index < -0.39 is 5.97 Å². The first-order chi connectivity index (χ1) is 8.23. The second kappa shape index (κ2) is 10.0. The van der Waals surface area contributed by atoms with Gasteiger partial charge in [0.15, 0.2) is 0 Å². The molecule has 0 saturated carbocycles. The third kappa shape index (κ3) is 9.73. The van der Waals surface area contributed by atoms with Crippen LogP contribution in [0.3, 0.4) is 0 Å². The summed E-state index contributed by atoms with van der Waals surface area (Å²) in [4.78, 5) is 25.9. The van der Waals surface area contributed by atoms with Crippen LogP contribution in [0, 0.1) is 5.92 Å². The number of amides is 1. The third-order valence-corrected chi connectivity index (χ3v) is 2.98. The number of carboxylic acids is 1. The molecule has 0 aromatic heterocycles. The summed E-state index contributed by atoms with van der Waals surface area (Å²) in [6.45, 7) is 6.97. The summed E-state index contributed by atoms with van der Waals surface area (Å²) in [6, 6.07) is 0.213. The molecule has 0 rings (SSSR count). The van der Waals surface area contributed by atoms with Gasteiger partial charge in [-0.2, -0.15) is 0 Å². The molecule has 1 N–H and O–H groups in total. The number of aliphatic carboxylic acids is 1. The topological polar surface area (TPSA) is 60.9 Å². The van der Waals surface area contributed by atoms with Crippen molar-refractivity contribution in [2.24, 2.45) is 5.92 Å². The van der Waals surface area contributed by atoms with Gasteiger partial charge in [-0.05, 0) is 26.3 Å². The van der Waals surface area contributed by atoms with Gasteiger partial charge in [-0.3, -0.25) is 14.5 Å². The monoisotopic (exact) mass is 294 g/mol. The van der Waals surface area contributed by atoms with Gasteiger partial charge in [0.1, 0.15) is 0 Å². The van der Waals surface area contributed by atoms with E-state index in [1.165, 1.54) is 0 Å². The maximum Gasteiger partial charge on any atom is 0.304 e. The predicted octanol–water partition coefficient (Wildman–Crippen LogP) is 1.71. The number of carbonyl (C=O) groups is 2. The molecule has 0 aliphatic rings. The standard InChI is InChI=1S/C13H26N2O3.ClH/c1-10(2)8-11(3)15(5)12(16)9-14(4)7-6-13(17)18;/h10-11H,6-9H2,1-5H3,(H,17,18);1H. The van der Waals surface area contributed by atoms with Crippen molar-refractivity contribution in [3.8, 4) is 0 Å². The van der Waals surface area contributed by atoms with Gasteiger partial charge >= 0.3 is 5.97 Å². The van der Waals surface area contributed by atoms with Gasteiger partial charge in [0.2, 0.25) is 5.91 Å². The molecule has 114 valence electrons. The Labute approximate surface area is 122 Å². The highest BCUT2D eigenvalue weighted by atomic mass is 35.5. The van der Waals surface area contributed by atoms with Gasteiger partial charge in [0.25, 0.3) is 0 Å². The molecule has 0 aromatic rings. The number of halogens is 1. The molecule has 19 heavy (non-hydrogen) atoms. The van der Waals surface area contributed by atoms with Crippen molar-refractivity contribution in [1.29, 1.82) is 0 Å². The molecule has 1 unspecified atom stereocenters. The number of likely N-dealkylation sites (N-methyl/N-ethyl adjacent to an activating group) is 2. The van der Waals surface area contributed by atoms with Crippen LogP contribution in [0.5, 0.6) is 0 Å². The molecule has 1 atom stereocenters. The van der Waals surface area contributed by atoms with Gasteiger partial charge in [0.05, 0.1) is 13.0 Å². The number of carboxylic acid groups (broad SMARTS) is 1. The van der Waals surface area contributed by atoms with E-state index in [0.717, 1.165) is 6.42 Å². The Morgan fingerprint density at radius 3 is 2.11 bits per heavy atom. The molecule has 0 bridgehead atoms. The van der Waals surface area contributed by atoms with Crippen LogP contribution in [0.1, 0.15) is 33.6 Å². The molecule has 0 heterocycles. The number of nitrogens with zero attached hydrogens (tertiary/aromatic N) is 2. The SMILES string of the molecule is CC(C)CC(C)N(C)C(=O)CN(C)CCC(=O)O.Cl. The molecule has 0 fully saturated rings. The summed E-state index contributed by atoms with van der Waals surface area (Å²) >= 11 is 0. The zero-order valence-corrected chi connectivity index (χ0v) is 13.4. The zero-order chi connectivity index (χ0) is 14.3. The molecule has 5 nitrogen and oxygen atoms in total. The van der Waals surface area contributed by atoms with Gasteiger partial charge < -0.3 is 10.0 Å². The van der Waals surface area contributed by atoms with Crippen LogP contribution in [0.2, 0.25) is 0 Å². The molecular formula is C13H27ClN2O3. The lowest BCUT2D eigenvalue weighted by molar-refractivity contribution is -0.138. The van der Waals surface area contributed by atoms with E-state index >= 15 is 0 Å². The summed E-state index contributed by atoms with van der Waals surface area (Å²) in [5.41, 5.74) is 0. The number of rotatable bonds is 8. The van der Waals surface area contributed by atoms with Crippen LogP contribution in [-0.2, 0) is 9.59 Å². The summed E-state index contributed by atoms with van der Waals surface area (Å²) in [7, 11) is 3.57. The average molecular weight is 295 g/mol.